The SMILES string of the molecule is COc1cccc2[nH]cc(S(=O)(=O)N[C@@H]3C[C@H]4C[C@@H]3C[C@]4(C)O)c12. The number of hydrogen-bond acceptors (Lipinski definition) is 4. The second kappa shape index (κ2) is 5.21. The highest BCUT2D eigenvalue weighted by Gasteiger charge is 2.52. The third kappa shape index (κ3) is 2.34. The van der Waals surface area contributed by atoms with E-state index in [0.717, 1.165) is 11.9 Å². The molecule has 3 N–H and O–H groups in total. The molecule has 0 radical (unpaired) electrons. The number of benzene rings is 1. The van der Waals surface area contributed by atoms with Crippen molar-refractivity contribution in [3.05, 3.63) is 24.4 Å². The van der Waals surface area contributed by atoms with Crippen LogP contribution in [0.3, 0.4) is 0 Å². The molecule has 0 aliphatic heterocycles. The van der Waals surface area contributed by atoms with Crippen LogP contribution in [0.5, 0.6) is 5.75 Å². The molecule has 2 bridgehead atoms. The first-order chi connectivity index (χ1) is 11.3. The average molecular weight is 350 g/mol. The second-order valence-corrected chi connectivity index (χ2v) is 8.94. The number of fused-ring (bicyclic) bond motifs is 3. The van der Waals surface area contributed by atoms with Crippen LogP contribution in [0.4, 0.5) is 0 Å². The molecule has 2 saturated carbocycles. The Labute approximate surface area is 141 Å². The first kappa shape index (κ1) is 15.9. The number of rotatable bonds is 4. The molecule has 0 saturated heterocycles. The number of H-pyrrole nitrogens is 1. The molecular formula is C17H22N2O4S. The van der Waals surface area contributed by atoms with Crippen molar-refractivity contribution in [1.82, 2.24) is 9.71 Å². The average Bonchev–Trinajstić information content (AvgIpc) is 3.18. The zero-order valence-corrected chi connectivity index (χ0v) is 14.6. The van der Waals surface area contributed by atoms with Crippen LogP contribution in [0.25, 0.3) is 10.9 Å². The molecule has 0 unspecified atom stereocenters. The van der Waals surface area contributed by atoms with Gasteiger partial charge < -0.3 is 14.8 Å². The Morgan fingerprint density at radius 2 is 2.17 bits per heavy atom. The minimum Gasteiger partial charge on any atom is -0.496 e. The van der Waals surface area contributed by atoms with Gasteiger partial charge in [-0.05, 0) is 50.2 Å². The largest absolute Gasteiger partial charge is 0.496 e. The Kier molecular flexibility index (Phi) is 3.46. The van der Waals surface area contributed by atoms with Crippen molar-refractivity contribution in [3.63, 3.8) is 0 Å². The van der Waals surface area contributed by atoms with E-state index >= 15 is 0 Å². The summed E-state index contributed by atoms with van der Waals surface area (Å²) in [6.45, 7) is 1.85. The number of aliphatic hydroxyl groups is 1. The van der Waals surface area contributed by atoms with E-state index in [1.165, 1.54) is 13.3 Å². The number of aromatic amines is 1. The lowest BCUT2D eigenvalue weighted by Gasteiger charge is -2.32. The topological polar surface area (TPSA) is 91.4 Å². The van der Waals surface area contributed by atoms with E-state index in [4.69, 9.17) is 4.74 Å². The van der Waals surface area contributed by atoms with E-state index in [1.807, 2.05) is 19.1 Å². The Morgan fingerprint density at radius 1 is 1.38 bits per heavy atom. The van der Waals surface area contributed by atoms with Gasteiger partial charge in [-0.2, -0.15) is 0 Å². The van der Waals surface area contributed by atoms with Crippen LogP contribution in [0, 0.1) is 11.8 Å². The fraction of sp³-hybridized carbons (Fsp3) is 0.529. The molecule has 7 heteroatoms. The van der Waals surface area contributed by atoms with E-state index in [1.54, 1.807) is 6.07 Å². The molecule has 6 nitrogen and oxygen atoms in total. The lowest BCUT2D eigenvalue weighted by Crippen LogP contribution is -2.44. The van der Waals surface area contributed by atoms with Crippen LogP contribution in [0.1, 0.15) is 26.2 Å². The van der Waals surface area contributed by atoms with Gasteiger partial charge in [0.15, 0.2) is 0 Å². The summed E-state index contributed by atoms with van der Waals surface area (Å²) in [5.74, 6) is 0.907. The summed E-state index contributed by atoms with van der Waals surface area (Å²) in [6, 6.07) is 5.29. The van der Waals surface area contributed by atoms with Gasteiger partial charge in [0.1, 0.15) is 10.6 Å². The molecular weight excluding hydrogens is 328 g/mol. The van der Waals surface area contributed by atoms with Crippen molar-refractivity contribution < 1.29 is 18.3 Å². The van der Waals surface area contributed by atoms with E-state index in [-0.39, 0.29) is 22.8 Å². The van der Waals surface area contributed by atoms with Crippen molar-refractivity contribution >= 4 is 20.9 Å². The standard InChI is InChI=1S/C17H22N2O4S/c1-17(20)8-10-6-11(17)7-13(10)19-24(21,22)15-9-18-12-4-3-5-14(23-2)16(12)15/h3-5,9-11,13,18-20H,6-8H2,1-2H3/t10-,11-,13-,17+/m1/s1. The van der Waals surface area contributed by atoms with Crippen LogP contribution in [0.15, 0.2) is 29.3 Å². The summed E-state index contributed by atoms with van der Waals surface area (Å²) in [5.41, 5.74) is 0.0713. The number of aromatic nitrogens is 1. The van der Waals surface area contributed by atoms with Gasteiger partial charge >= 0.3 is 0 Å². The normalized spacial score (nSPS) is 32.5. The minimum absolute atomic E-state index is 0.111. The molecule has 24 heavy (non-hydrogen) atoms. The molecule has 1 aromatic heterocycles. The van der Waals surface area contributed by atoms with Crippen molar-refractivity contribution in [1.29, 1.82) is 0 Å². The summed E-state index contributed by atoms with van der Waals surface area (Å²) >= 11 is 0. The fourth-order valence-electron chi connectivity index (χ4n) is 4.47. The summed E-state index contributed by atoms with van der Waals surface area (Å²) in [7, 11) is -2.13. The third-order valence-electron chi connectivity index (χ3n) is 5.70. The Morgan fingerprint density at radius 3 is 2.79 bits per heavy atom. The molecule has 4 atom stereocenters. The van der Waals surface area contributed by atoms with E-state index in [2.05, 4.69) is 9.71 Å². The zero-order chi connectivity index (χ0) is 17.1. The van der Waals surface area contributed by atoms with Gasteiger partial charge in [0.2, 0.25) is 10.0 Å². The van der Waals surface area contributed by atoms with Gasteiger partial charge in [-0.3, -0.25) is 0 Å². The number of sulfonamides is 1. The molecule has 2 fully saturated rings. The molecule has 1 aromatic carbocycles. The summed E-state index contributed by atoms with van der Waals surface area (Å²) < 4.78 is 34.0. The predicted octanol–water partition coefficient (Wildman–Crippen LogP) is 2.00. The van der Waals surface area contributed by atoms with Gasteiger partial charge in [0.05, 0.1) is 23.6 Å². The lowest BCUT2D eigenvalue weighted by molar-refractivity contribution is 0.000306. The monoisotopic (exact) mass is 350 g/mol. The Hall–Kier alpha value is -1.57. The third-order valence-corrected chi connectivity index (χ3v) is 7.21. The van der Waals surface area contributed by atoms with Gasteiger partial charge in [-0.25, -0.2) is 13.1 Å². The molecule has 0 amide bonds. The number of methoxy groups -OCH3 is 1. The van der Waals surface area contributed by atoms with E-state index in [9.17, 15) is 13.5 Å². The van der Waals surface area contributed by atoms with Gasteiger partial charge in [0, 0.05) is 12.2 Å². The minimum atomic E-state index is -3.66. The van der Waals surface area contributed by atoms with Crippen LogP contribution in [-0.4, -0.2) is 37.3 Å². The van der Waals surface area contributed by atoms with E-state index in [0.29, 0.717) is 24.0 Å². The summed E-state index contributed by atoms with van der Waals surface area (Å²) in [6.07, 6.45) is 3.74. The first-order valence-electron chi connectivity index (χ1n) is 8.20. The van der Waals surface area contributed by atoms with Crippen LogP contribution < -0.4 is 9.46 Å². The van der Waals surface area contributed by atoms with Gasteiger partial charge in [-0.15, -0.1) is 0 Å². The first-order valence-corrected chi connectivity index (χ1v) is 9.69. The number of ether oxygens (including phenoxy) is 1. The summed E-state index contributed by atoms with van der Waals surface area (Å²) in [4.78, 5) is 3.21. The maximum Gasteiger partial charge on any atom is 0.243 e. The predicted molar refractivity (Wildman–Crippen MR) is 90.4 cm³/mol. The van der Waals surface area contributed by atoms with Crippen molar-refractivity contribution in [2.45, 2.75) is 42.7 Å². The molecule has 4 rings (SSSR count). The number of nitrogens with one attached hydrogen (secondary N) is 2. The molecule has 2 aromatic rings. The molecule has 2 aliphatic carbocycles. The smallest absolute Gasteiger partial charge is 0.243 e. The lowest BCUT2D eigenvalue weighted by atomic mass is 9.84. The molecule has 130 valence electrons. The quantitative estimate of drug-likeness (QED) is 0.786. The maximum atomic E-state index is 12.9. The van der Waals surface area contributed by atoms with E-state index < -0.39 is 15.6 Å². The van der Waals surface area contributed by atoms with Crippen molar-refractivity contribution in [2.75, 3.05) is 7.11 Å². The second-order valence-electron chi connectivity index (χ2n) is 7.25. The molecule has 2 aliphatic rings. The highest BCUT2D eigenvalue weighted by molar-refractivity contribution is 7.89. The highest BCUT2D eigenvalue weighted by atomic mass is 32.2. The molecule has 0 spiro atoms. The zero-order valence-electron chi connectivity index (χ0n) is 13.7. The van der Waals surface area contributed by atoms with Crippen LogP contribution in [-0.2, 0) is 10.0 Å². The highest BCUT2D eigenvalue weighted by Crippen LogP contribution is 2.51. The van der Waals surface area contributed by atoms with Crippen molar-refractivity contribution in [2.24, 2.45) is 11.8 Å². The van der Waals surface area contributed by atoms with Crippen LogP contribution >= 0.6 is 0 Å². The van der Waals surface area contributed by atoms with Crippen molar-refractivity contribution in [3.8, 4) is 5.75 Å². The Balaban J connectivity index is 1.65. The Bertz CT molecular complexity index is 887. The molecule has 1 heterocycles. The van der Waals surface area contributed by atoms with Gasteiger partial charge in [-0.1, -0.05) is 6.07 Å². The van der Waals surface area contributed by atoms with Crippen LogP contribution in [0.2, 0.25) is 0 Å². The fourth-order valence-corrected chi connectivity index (χ4v) is 5.97. The summed E-state index contributed by atoms with van der Waals surface area (Å²) in [5, 5.41) is 10.9. The number of hydrogen-bond donors (Lipinski definition) is 3. The van der Waals surface area contributed by atoms with Gasteiger partial charge in [0.25, 0.3) is 0 Å². The maximum absolute atomic E-state index is 12.9.